The summed E-state index contributed by atoms with van der Waals surface area (Å²) in [6.45, 7) is 14.0. The third-order valence-electron chi connectivity index (χ3n) is 2.53. The van der Waals surface area contributed by atoms with Crippen molar-refractivity contribution in [2.75, 3.05) is 0 Å². The van der Waals surface area contributed by atoms with Gasteiger partial charge in [0.15, 0.2) is 0 Å². The van der Waals surface area contributed by atoms with E-state index in [2.05, 4.69) is 26.3 Å². The van der Waals surface area contributed by atoms with Gasteiger partial charge in [-0.05, 0) is 11.1 Å². The van der Waals surface area contributed by atoms with Gasteiger partial charge in [-0.25, -0.2) is 0 Å². The highest BCUT2D eigenvalue weighted by atomic mass is 35.5. The Morgan fingerprint density at radius 2 is 1.18 bits per heavy atom. The minimum atomic E-state index is -0.0544. The molecule has 0 heterocycles. The van der Waals surface area contributed by atoms with Gasteiger partial charge in [-0.3, -0.25) is 0 Å². The summed E-state index contributed by atoms with van der Waals surface area (Å²) in [5.74, 6) is 0. The molecule has 0 aromatic heterocycles. The van der Waals surface area contributed by atoms with Crippen molar-refractivity contribution in [3.05, 3.63) is 116 Å². The van der Waals surface area contributed by atoms with E-state index in [1.165, 1.54) is 5.56 Å². The highest BCUT2D eigenvalue weighted by Crippen LogP contribution is 2.19. The van der Waals surface area contributed by atoms with Crippen LogP contribution in [0.5, 0.6) is 0 Å². The lowest BCUT2D eigenvalue weighted by Gasteiger charge is -2.01. The lowest BCUT2D eigenvalue weighted by molar-refractivity contribution is 1.22. The molecule has 2 rings (SSSR count). The summed E-state index contributed by atoms with van der Waals surface area (Å²) in [4.78, 5) is 0. The maximum Gasteiger partial charge on any atom is 0.0763 e. The summed E-state index contributed by atoms with van der Waals surface area (Å²) < 4.78 is 0. The van der Waals surface area contributed by atoms with E-state index in [0.29, 0.717) is 0 Å². The van der Waals surface area contributed by atoms with Crippen LogP contribution >= 0.6 is 11.6 Å². The maximum atomic E-state index is 5.87. The number of hydrogen-bond donors (Lipinski definition) is 0. The van der Waals surface area contributed by atoms with Crippen LogP contribution in [-0.2, 0) is 0 Å². The summed E-state index contributed by atoms with van der Waals surface area (Å²) in [6, 6.07) is 19.9. The molecule has 0 N–H and O–H groups in total. The predicted molar refractivity (Wildman–Crippen MR) is 102 cm³/mol. The van der Waals surface area contributed by atoms with Crippen LogP contribution in [0.25, 0.3) is 6.08 Å². The standard InChI is InChI=1S/C9H9Cl.C8H8.C4H6/c1-2-9(10)8-6-4-3-5-7-8;1-2-8-6-4-3-5-7-8;1-3-4-2/h2-7,9H,1H2;2-7H,1H2;3-4H,1-2H2. The fraction of sp³-hybridized carbons (Fsp3) is 0.0476. The van der Waals surface area contributed by atoms with E-state index in [9.17, 15) is 0 Å². The van der Waals surface area contributed by atoms with Gasteiger partial charge in [-0.2, -0.15) is 0 Å². The highest BCUT2D eigenvalue weighted by Gasteiger charge is 1.98. The second-order valence-electron chi connectivity index (χ2n) is 4.13. The second-order valence-corrected chi connectivity index (χ2v) is 4.60. The predicted octanol–water partition coefficient (Wildman–Crippen LogP) is 6.84. The number of benzene rings is 2. The molecule has 0 spiro atoms. The van der Waals surface area contributed by atoms with Crippen molar-refractivity contribution in [1.29, 1.82) is 0 Å². The molecule has 0 aliphatic rings. The second kappa shape index (κ2) is 13.7. The Bertz CT molecular complexity index is 535. The van der Waals surface area contributed by atoms with Gasteiger partial charge in [0.25, 0.3) is 0 Å². The highest BCUT2D eigenvalue weighted by molar-refractivity contribution is 6.21. The molecule has 1 atom stereocenters. The van der Waals surface area contributed by atoms with Crippen LogP contribution in [0.4, 0.5) is 0 Å². The average Bonchev–Trinajstić information content (AvgIpc) is 2.63. The molecule has 0 bridgehead atoms. The minimum Gasteiger partial charge on any atom is -0.113 e. The summed E-state index contributed by atoms with van der Waals surface area (Å²) in [7, 11) is 0. The van der Waals surface area contributed by atoms with Gasteiger partial charge in [0.2, 0.25) is 0 Å². The topological polar surface area (TPSA) is 0 Å². The van der Waals surface area contributed by atoms with Crippen molar-refractivity contribution in [1.82, 2.24) is 0 Å². The Morgan fingerprint density at radius 1 is 0.727 bits per heavy atom. The summed E-state index contributed by atoms with van der Waals surface area (Å²) in [5.41, 5.74) is 2.27. The van der Waals surface area contributed by atoms with E-state index in [0.717, 1.165) is 5.56 Å². The fourth-order valence-electron chi connectivity index (χ4n) is 1.36. The molecule has 22 heavy (non-hydrogen) atoms. The Hall–Kier alpha value is -2.31. The first-order chi connectivity index (χ1) is 10.7. The fourth-order valence-corrected chi connectivity index (χ4v) is 1.51. The van der Waals surface area contributed by atoms with E-state index >= 15 is 0 Å². The Kier molecular flexibility index (Phi) is 12.2. The third kappa shape index (κ3) is 9.57. The van der Waals surface area contributed by atoms with Crippen molar-refractivity contribution < 1.29 is 0 Å². The molecule has 0 saturated heterocycles. The zero-order valence-electron chi connectivity index (χ0n) is 12.9. The van der Waals surface area contributed by atoms with Crippen LogP contribution in [0.2, 0.25) is 0 Å². The molecule has 0 aliphatic carbocycles. The van der Waals surface area contributed by atoms with Crippen LogP contribution in [0.15, 0.2) is 105 Å². The Morgan fingerprint density at radius 3 is 1.50 bits per heavy atom. The van der Waals surface area contributed by atoms with E-state index < -0.39 is 0 Å². The molecule has 0 nitrogen and oxygen atoms in total. The van der Waals surface area contributed by atoms with Gasteiger partial charge in [0.1, 0.15) is 0 Å². The average molecular weight is 311 g/mol. The molecule has 0 saturated carbocycles. The molecule has 0 radical (unpaired) electrons. The van der Waals surface area contributed by atoms with Crippen LogP contribution in [-0.4, -0.2) is 0 Å². The van der Waals surface area contributed by atoms with Crippen molar-refractivity contribution in [3.63, 3.8) is 0 Å². The molecule has 0 aliphatic heterocycles. The molecule has 2 aromatic carbocycles. The van der Waals surface area contributed by atoms with Gasteiger partial charge >= 0.3 is 0 Å². The lowest BCUT2D eigenvalue weighted by Crippen LogP contribution is -1.82. The number of allylic oxidation sites excluding steroid dienone is 3. The maximum absolute atomic E-state index is 5.87. The van der Waals surface area contributed by atoms with Crippen LogP contribution in [0, 0.1) is 0 Å². The van der Waals surface area contributed by atoms with E-state index in [1.807, 2.05) is 66.7 Å². The largest absolute Gasteiger partial charge is 0.113 e. The molecule has 2 aromatic rings. The first-order valence-corrected chi connectivity index (χ1v) is 7.35. The smallest absolute Gasteiger partial charge is 0.0763 e. The number of alkyl halides is 1. The van der Waals surface area contributed by atoms with Gasteiger partial charge < -0.3 is 0 Å². The zero-order valence-corrected chi connectivity index (χ0v) is 13.6. The third-order valence-corrected chi connectivity index (χ3v) is 2.96. The molecular weight excluding hydrogens is 288 g/mol. The number of rotatable bonds is 4. The quantitative estimate of drug-likeness (QED) is 0.329. The Balaban J connectivity index is 0.000000330. The Labute approximate surface area is 139 Å². The molecule has 1 unspecified atom stereocenters. The number of halogens is 1. The molecule has 0 fully saturated rings. The van der Waals surface area contributed by atoms with E-state index in [-0.39, 0.29) is 5.38 Å². The monoisotopic (exact) mass is 310 g/mol. The molecule has 1 heteroatoms. The van der Waals surface area contributed by atoms with E-state index in [1.54, 1.807) is 18.2 Å². The van der Waals surface area contributed by atoms with Crippen LogP contribution in [0.1, 0.15) is 16.5 Å². The molecule has 114 valence electrons. The van der Waals surface area contributed by atoms with E-state index in [4.69, 9.17) is 11.6 Å². The molecule has 0 amide bonds. The van der Waals surface area contributed by atoms with Crippen molar-refractivity contribution >= 4 is 17.7 Å². The van der Waals surface area contributed by atoms with Crippen molar-refractivity contribution in [2.24, 2.45) is 0 Å². The zero-order chi connectivity index (χ0) is 16.6. The minimum absolute atomic E-state index is 0.0544. The van der Waals surface area contributed by atoms with Gasteiger partial charge in [-0.15, -0.1) is 18.2 Å². The lowest BCUT2D eigenvalue weighted by atomic mass is 10.1. The van der Waals surface area contributed by atoms with Gasteiger partial charge in [0, 0.05) is 0 Å². The summed E-state index contributed by atoms with van der Waals surface area (Å²) in [6.07, 6.45) is 6.83. The van der Waals surface area contributed by atoms with Crippen molar-refractivity contribution in [2.45, 2.75) is 5.38 Å². The van der Waals surface area contributed by atoms with Crippen LogP contribution < -0.4 is 0 Å². The first-order valence-electron chi connectivity index (χ1n) is 6.92. The SMILES string of the molecule is C=CC(Cl)c1ccccc1.C=CC=C.C=Cc1ccccc1. The molecular formula is C21H23Cl. The van der Waals surface area contributed by atoms with Crippen molar-refractivity contribution in [3.8, 4) is 0 Å². The number of hydrogen-bond acceptors (Lipinski definition) is 0. The summed E-state index contributed by atoms with van der Waals surface area (Å²) in [5, 5.41) is -0.0544. The van der Waals surface area contributed by atoms with Crippen LogP contribution in [0.3, 0.4) is 0 Å². The van der Waals surface area contributed by atoms with Gasteiger partial charge in [-0.1, -0.05) is 105 Å². The summed E-state index contributed by atoms with van der Waals surface area (Å²) >= 11 is 5.87. The first kappa shape index (κ1) is 19.7. The van der Waals surface area contributed by atoms with Gasteiger partial charge in [0.05, 0.1) is 5.38 Å². The normalized spacial score (nSPS) is 9.68.